The van der Waals surface area contributed by atoms with Gasteiger partial charge >= 0.3 is 0 Å². The molecular weight excluding hydrogens is 267 g/mol. The van der Waals surface area contributed by atoms with Crippen molar-refractivity contribution < 1.29 is 18.1 Å². The molecule has 1 rings (SSSR count). The number of hydrogen-bond donors (Lipinski definition) is 0. The average molecular weight is 270 g/mol. The molecule has 0 atom stereocenters. The highest BCUT2D eigenvalue weighted by Crippen LogP contribution is 2.35. The molecule has 0 aromatic heterocycles. The van der Waals surface area contributed by atoms with Crippen molar-refractivity contribution >= 4 is 21.6 Å². The molecule has 0 unspecified atom stereocenters. The summed E-state index contributed by atoms with van der Waals surface area (Å²) >= 11 is 2.64. The monoisotopic (exact) mass is 269 g/mol. The van der Waals surface area contributed by atoms with Crippen LogP contribution in [-0.2, 0) is 0 Å². The van der Waals surface area contributed by atoms with Crippen molar-refractivity contribution in [2.24, 2.45) is 0 Å². The number of nitro groups is 1. The van der Waals surface area contributed by atoms with Crippen molar-refractivity contribution in [2.45, 2.75) is 6.43 Å². The minimum absolute atomic E-state index is 0.306. The summed E-state index contributed by atoms with van der Waals surface area (Å²) in [5.74, 6) is -0.937. The van der Waals surface area contributed by atoms with E-state index in [9.17, 15) is 23.3 Å². The molecule has 0 heterocycles. The zero-order chi connectivity index (χ0) is 10.9. The molecule has 3 nitrogen and oxygen atoms in total. The maximum absolute atomic E-state index is 12.7. The Morgan fingerprint density at radius 3 is 2.43 bits per heavy atom. The van der Waals surface area contributed by atoms with Crippen molar-refractivity contribution in [3.63, 3.8) is 0 Å². The van der Waals surface area contributed by atoms with Crippen molar-refractivity contribution in [3.8, 4) is 0 Å². The van der Waals surface area contributed by atoms with Crippen LogP contribution >= 0.6 is 15.9 Å². The number of benzene rings is 1. The molecule has 0 N–H and O–H groups in total. The highest BCUT2D eigenvalue weighted by molar-refractivity contribution is 9.10. The second-order valence-corrected chi connectivity index (χ2v) is 3.23. The van der Waals surface area contributed by atoms with Gasteiger partial charge < -0.3 is 0 Å². The fourth-order valence-electron chi connectivity index (χ4n) is 0.938. The number of halogens is 4. The Kier molecular flexibility index (Phi) is 3.10. The fourth-order valence-corrected chi connectivity index (χ4v) is 1.53. The standard InChI is InChI=1S/C7H3BrF3NO2/c8-4-1-3(9)2-5(12(13)14)6(4)7(10)11/h1-2,7H. The van der Waals surface area contributed by atoms with Gasteiger partial charge in [0.1, 0.15) is 11.4 Å². The molecule has 0 saturated heterocycles. The van der Waals surface area contributed by atoms with Gasteiger partial charge in [-0.1, -0.05) is 0 Å². The first-order chi connectivity index (χ1) is 6.43. The molecule has 0 radical (unpaired) electrons. The largest absolute Gasteiger partial charge is 0.282 e. The quantitative estimate of drug-likeness (QED) is 0.610. The van der Waals surface area contributed by atoms with Gasteiger partial charge in [0.15, 0.2) is 0 Å². The van der Waals surface area contributed by atoms with Gasteiger partial charge in [-0.15, -0.1) is 0 Å². The predicted molar refractivity (Wildman–Crippen MR) is 45.7 cm³/mol. The van der Waals surface area contributed by atoms with E-state index in [0.29, 0.717) is 6.07 Å². The molecule has 0 aliphatic carbocycles. The Balaban J connectivity index is 3.44. The molecule has 0 aliphatic heterocycles. The van der Waals surface area contributed by atoms with E-state index in [0.717, 1.165) is 6.07 Å². The van der Waals surface area contributed by atoms with E-state index in [1.807, 2.05) is 0 Å². The SMILES string of the molecule is O=[N+]([O-])c1cc(F)cc(Br)c1C(F)F. The van der Waals surface area contributed by atoms with Crippen LogP contribution in [0.1, 0.15) is 12.0 Å². The van der Waals surface area contributed by atoms with E-state index < -0.39 is 28.4 Å². The third kappa shape index (κ3) is 2.03. The molecule has 0 fully saturated rings. The molecule has 0 spiro atoms. The predicted octanol–water partition coefficient (Wildman–Crippen LogP) is 3.43. The zero-order valence-electron chi connectivity index (χ0n) is 6.51. The minimum atomic E-state index is -3.02. The van der Waals surface area contributed by atoms with E-state index in [2.05, 4.69) is 15.9 Å². The van der Waals surface area contributed by atoms with Gasteiger partial charge in [0.25, 0.3) is 12.1 Å². The second kappa shape index (κ2) is 3.95. The van der Waals surface area contributed by atoms with Gasteiger partial charge in [0.2, 0.25) is 0 Å². The van der Waals surface area contributed by atoms with Crippen molar-refractivity contribution in [1.29, 1.82) is 0 Å². The van der Waals surface area contributed by atoms with Crippen LogP contribution < -0.4 is 0 Å². The first-order valence-electron chi connectivity index (χ1n) is 3.35. The molecule has 1 aromatic rings. The summed E-state index contributed by atoms with van der Waals surface area (Å²) in [5.41, 5.74) is -1.73. The van der Waals surface area contributed by atoms with Crippen molar-refractivity contribution in [3.05, 3.63) is 38.1 Å². The van der Waals surface area contributed by atoms with Crippen LogP contribution in [0.25, 0.3) is 0 Å². The number of nitro benzene ring substituents is 1. The van der Waals surface area contributed by atoms with Gasteiger partial charge in [0.05, 0.1) is 11.0 Å². The summed E-state index contributed by atoms with van der Waals surface area (Å²) in [6, 6.07) is 1.22. The van der Waals surface area contributed by atoms with Crippen molar-refractivity contribution in [2.75, 3.05) is 0 Å². The van der Waals surface area contributed by atoms with E-state index in [1.54, 1.807) is 0 Å². The van der Waals surface area contributed by atoms with Crippen LogP contribution in [0.5, 0.6) is 0 Å². The van der Waals surface area contributed by atoms with Crippen LogP contribution in [0.3, 0.4) is 0 Å². The van der Waals surface area contributed by atoms with E-state index in [-0.39, 0.29) is 4.47 Å². The molecule has 7 heteroatoms. The molecular formula is C7H3BrF3NO2. The lowest BCUT2D eigenvalue weighted by molar-refractivity contribution is -0.386. The lowest BCUT2D eigenvalue weighted by atomic mass is 10.2. The molecule has 0 aliphatic rings. The van der Waals surface area contributed by atoms with Gasteiger partial charge in [-0.3, -0.25) is 10.1 Å². The summed E-state index contributed by atoms with van der Waals surface area (Å²) in [6.07, 6.45) is -3.02. The molecule has 14 heavy (non-hydrogen) atoms. The fraction of sp³-hybridized carbons (Fsp3) is 0.143. The maximum Gasteiger partial charge on any atom is 0.282 e. The van der Waals surface area contributed by atoms with E-state index in [4.69, 9.17) is 0 Å². The molecule has 1 aromatic carbocycles. The normalized spacial score (nSPS) is 10.6. The third-order valence-electron chi connectivity index (χ3n) is 1.49. The third-order valence-corrected chi connectivity index (χ3v) is 2.14. The lowest BCUT2D eigenvalue weighted by Crippen LogP contribution is -1.98. The first-order valence-corrected chi connectivity index (χ1v) is 4.14. The van der Waals surface area contributed by atoms with Crippen LogP contribution in [-0.4, -0.2) is 4.92 Å². The van der Waals surface area contributed by atoms with Gasteiger partial charge in [-0.05, 0) is 22.0 Å². The second-order valence-electron chi connectivity index (χ2n) is 2.38. The summed E-state index contributed by atoms with van der Waals surface area (Å²) in [4.78, 5) is 9.27. The topological polar surface area (TPSA) is 43.1 Å². The van der Waals surface area contributed by atoms with E-state index >= 15 is 0 Å². The zero-order valence-corrected chi connectivity index (χ0v) is 8.09. The van der Waals surface area contributed by atoms with Crippen LogP contribution in [0.4, 0.5) is 18.9 Å². The van der Waals surface area contributed by atoms with E-state index in [1.165, 1.54) is 0 Å². The Bertz CT molecular complexity index is 383. The molecule has 0 bridgehead atoms. The van der Waals surface area contributed by atoms with Gasteiger partial charge in [-0.25, -0.2) is 13.2 Å². The van der Waals surface area contributed by atoms with Crippen molar-refractivity contribution in [1.82, 2.24) is 0 Å². The highest BCUT2D eigenvalue weighted by Gasteiger charge is 2.25. The number of rotatable bonds is 2. The highest BCUT2D eigenvalue weighted by atomic mass is 79.9. The first kappa shape index (κ1) is 11.0. The minimum Gasteiger partial charge on any atom is -0.258 e. The Hall–Kier alpha value is -1.11. The number of hydrogen-bond acceptors (Lipinski definition) is 2. The Labute approximate surface area is 84.8 Å². The van der Waals surface area contributed by atoms with Crippen LogP contribution in [0.15, 0.2) is 16.6 Å². The lowest BCUT2D eigenvalue weighted by Gasteiger charge is -2.04. The molecule has 0 saturated carbocycles. The van der Waals surface area contributed by atoms with Gasteiger partial charge in [-0.2, -0.15) is 0 Å². The van der Waals surface area contributed by atoms with Crippen LogP contribution in [0.2, 0.25) is 0 Å². The smallest absolute Gasteiger partial charge is 0.258 e. The Morgan fingerprint density at radius 2 is 2.00 bits per heavy atom. The summed E-state index contributed by atoms with van der Waals surface area (Å²) in [7, 11) is 0. The molecule has 76 valence electrons. The average Bonchev–Trinajstić information content (AvgIpc) is 2.01. The Morgan fingerprint density at radius 1 is 1.43 bits per heavy atom. The maximum atomic E-state index is 12.7. The molecule has 0 amide bonds. The number of nitrogens with zero attached hydrogens (tertiary/aromatic N) is 1. The summed E-state index contributed by atoms with van der Waals surface area (Å²) in [6.45, 7) is 0. The summed E-state index contributed by atoms with van der Waals surface area (Å²) in [5, 5.41) is 10.3. The van der Waals surface area contributed by atoms with Gasteiger partial charge in [0, 0.05) is 4.47 Å². The summed E-state index contributed by atoms with van der Waals surface area (Å²) < 4.78 is 37.0. The number of alkyl halides is 2. The van der Waals surface area contributed by atoms with Crippen LogP contribution in [0, 0.1) is 15.9 Å².